The number of carbonyl (C=O) groups excluding carboxylic acids is 1. The molecule has 1 amide bonds. The van der Waals surface area contributed by atoms with E-state index in [1.807, 2.05) is 17.0 Å². The van der Waals surface area contributed by atoms with Crippen molar-refractivity contribution in [3.63, 3.8) is 0 Å². The second kappa shape index (κ2) is 6.52. The maximum absolute atomic E-state index is 12.5. The normalized spacial score (nSPS) is 25.4. The summed E-state index contributed by atoms with van der Waals surface area (Å²) in [7, 11) is 1.65. The average molecular weight is 304 g/mol. The minimum absolute atomic E-state index is 0.0292. The molecule has 0 aromatic carbocycles. The van der Waals surface area contributed by atoms with E-state index in [1.54, 1.807) is 13.3 Å². The van der Waals surface area contributed by atoms with E-state index < -0.39 is 0 Å². The van der Waals surface area contributed by atoms with Crippen LogP contribution in [0.3, 0.4) is 0 Å². The molecule has 2 unspecified atom stereocenters. The number of hydrogen-bond donors (Lipinski definition) is 1. The summed E-state index contributed by atoms with van der Waals surface area (Å²) in [5.41, 5.74) is 6.06. The molecule has 1 aromatic rings. The number of hydrogen-bond acceptors (Lipinski definition) is 5. The average Bonchev–Trinajstić information content (AvgIpc) is 3.00. The van der Waals surface area contributed by atoms with E-state index in [4.69, 9.17) is 10.5 Å². The predicted molar refractivity (Wildman–Crippen MR) is 84.9 cm³/mol. The van der Waals surface area contributed by atoms with Crippen molar-refractivity contribution in [3.05, 3.63) is 18.3 Å². The molecule has 120 valence electrons. The fourth-order valence-corrected chi connectivity index (χ4v) is 3.39. The quantitative estimate of drug-likeness (QED) is 0.897. The molecule has 0 bridgehead atoms. The van der Waals surface area contributed by atoms with Gasteiger partial charge >= 0.3 is 0 Å². The lowest BCUT2D eigenvalue weighted by Gasteiger charge is -2.37. The summed E-state index contributed by atoms with van der Waals surface area (Å²) >= 11 is 0. The molecule has 0 spiro atoms. The lowest BCUT2D eigenvalue weighted by molar-refractivity contribution is -0.136. The predicted octanol–water partition coefficient (Wildman–Crippen LogP) is 0.866. The van der Waals surface area contributed by atoms with Gasteiger partial charge in [-0.3, -0.25) is 4.79 Å². The molecule has 1 aromatic heterocycles. The van der Waals surface area contributed by atoms with Crippen LogP contribution in [0.2, 0.25) is 0 Å². The van der Waals surface area contributed by atoms with Gasteiger partial charge in [-0.15, -0.1) is 0 Å². The van der Waals surface area contributed by atoms with Crippen molar-refractivity contribution in [2.45, 2.75) is 25.3 Å². The van der Waals surface area contributed by atoms with Crippen LogP contribution in [0.4, 0.5) is 5.82 Å². The summed E-state index contributed by atoms with van der Waals surface area (Å²) < 4.78 is 5.24. The zero-order valence-corrected chi connectivity index (χ0v) is 13.1. The smallest absolute Gasteiger partial charge is 0.227 e. The second-order valence-electron chi connectivity index (χ2n) is 6.07. The molecular formula is C16H24N4O2. The van der Waals surface area contributed by atoms with E-state index in [0.717, 1.165) is 57.0 Å². The van der Waals surface area contributed by atoms with Gasteiger partial charge in [-0.25, -0.2) is 4.98 Å². The van der Waals surface area contributed by atoms with Gasteiger partial charge in [0.05, 0.1) is 13.0 Å². The maximum Gasteiger partial charge on any atom is 0.227 e. The van der Waals surface area contributed by atoms with Gasteiger partial charge in [0.1, 0.15) is 11.6 Å². The van der Waals surface area contributed by atoms with Crippen molar-refractivity contribution in [1.29, 1.82) is 0 Å². The SMILES string of the molecule is COc1ccnc(N2CCN(C(=O)C3CCCC3N)CC2)c1. The van der Waals surface area contributed by atoms with Crippen LogP contribution in [0, 0.1) is 5.92 Å². The first-order valence-corrected chi connectivity index (χ1v) is 7.98. The summed E-state index contributed by atoms with van der Waals surface area (Å²) in [6.45, 7) is 3.07. The molecule has 3 rings (SSSR count). The van der Waals surface area contributed by atoms with E-state index in [2.05, 4.69) is 9.88 Å². The Kier molecular flexibility index (Phi) is 4.47. The number of amides is 1. The van der Waals surface area contributed by atoms with E-state index in [0.29, 0.717) is 0 Å². The molecule has 0 radical (unpaired) electrons. The molecule has 1 saturated carbocycles. The molecule has 2 N–H and O–H groups in total. The fraction of sp³-hybridized carbons (Fsp3) is 0.625. The number of rotatable bonds is 3. The first kappa shape index (κ1) is 15.1. The first-order valence-electron chi connectivity index (χ1n) is 7.98. The Balaban J connectivity index is 1.59. The Morgan fingerprint density at radius 2 is 2.09 bits per heavy atom. The molecule has 2 heterocycles. The van der Waals surface area contributed by atoms with E-state index in [1.165, 1.54) is 0 Å². The first-order chi connectivity index (χ1) is 10.7. The molecule has 6 heteroatoms. The lowest BCUT2D eigenvalue weighted by Crippen LogP contribution is -2.52. The van der Waals surface area contributed by atoms with Gasteiger partial charge in [-0.2, -0.15) is 0 Å². The van der Waals surface area contributed by atoms with Crippen molar-refractivity contribution < 1.29 is 9.53 Å². The number of ether oxygens (including phenoxy) is 1. The topological polar surface area (TPSA) is 71.7 Å². The van der Waals surface area contributed by atoms with Gasteiger partial charge in [0.2, 0.25) is 5.91 Å². The number of methoxy groups -OCH3 is 1. The third-order valence-corrected chi connectivity index (χ3v) is 4.75. The zero-order chi connectivity index (χ0) is 15.5. The Morgan fingerprint density at radius 3 is 2.73 bits per heavy atom. The highest BCUT2D eigenvalue weighted by molar-refractivity contribution is 5.80. The van der Waals surface area contributed by atoms with Gasteiger partial charge < -0.3 is 20.3 Å². The van der Waals surface area contributed by atoms with Gasteiger partial charge in [-0.05, 0) is 18.9 Å². The minimum Gasteiger partial charge on any atom is -0.497 e. The van der Waals surface area contributed by atoms with Crippen LogP contribution in [-0.4, -0.2) is 55.1 Å². The van der Waals surface area contributed by atoms with Crippen LogP contribution < -0.4 is 15.4 Å². The number of nitrogens with zero attached hydrogens (tertiary/aromatic N) is 3. The third kappa shape index (κ3) is 3.02. The van der Waals surface area contributed by atoms with Gasteiger partial charge in [0.15, 0.2) is 0 Å². The number of piperazine rings is 1. The maximum atomic E-state index is 12.5. The summed E-state index contributed by atoms with van der Waals surface area (Å²) in [4.78, 5) is 21.1. The minimum atomic E-state index is 0.0292. The Labute approximate surface area is 131 Å². The number of pyridine rings is 1. The van der Waals surface area contributed by atoms with Crippen LogP contribution in [0.1, 0.15) is 19.3 Å². The van der Waals surface area contributed by atoms with Crippen LogP contribution in [-0.2, 0) is 4.79 Å². The standard InChI is InChI=1S/C16H24N4O2/c1-22-12-5-6-18-15(11-12)19-7-9-20(10-8-19)16(21)13-3-2-4-14(13)17/h5-6,11,13-14H,2-4,7-10,17H2,1H3. The van der Waals surface area contributed by atoms with Crippen molar-refractivity contribution in [2.75, 3.05) is 38.2 Å². The zero-order valence-electron chi connectivity index (χ0n) is 13.1. The molecule has 2 aliphatic rings. The molecule has 1 aliphatic heterocycles. The van der Waals surface area contributed by atoms with Crippen LogP contribution in [0.15, 0.2) is 18.3 Å². The molecule has 1 saturated heterocycles. The van der Waals surface area contributed by atoms with Gasteiger partial charge in [0.25, 0.3) is 0 Å². The highest BCUT2D eigenvalue weighted by atomic mass is 16.5. The van der Waals surface area contributed by atoms with Gasteiger partial charge in [-0.1, -0.05) is 6.42 Å². The largest absolute Gasteiger partial charge is 0.497 e. The molecular weight excluding hydrogens is 280 g/mol. The molecule has 2 fully saturated rings. The monoisotopic (exact) mass is 304 g/mol. The van der Waals surface area contributed by atoms with Crippen LogP contribution >= 0.6 is 0 Å². The van der Waals surface area contributed by atoms with E-state index >= 15 is 0 Å². The Hall–Kier alpha value is -1.82. The molecule has 2 atom stereocenters. The number of carbonyl (C=O) groups is 1. The highest BCUT2D eigenvalue weighted by Crippen LogP contribution is 2.27. The molecule has 6 nitrogen and oxygen atoms in total. The van der Waals surface area contributed by atoms with Crippen LogP contribution in [0.5, 0.6) is 5.75 Å². The highest BCUT2D eigenvalue weighted by Gasteiger charge is 2.34. The molecule has 22 heavy (non-hydrogen) atoms. The van der Waals surface area contributed by atoms with Crippen molar-refractivity contribution in [2.24, 2.45) is 11.7 Å². The van der Waals surface area contributed by atoms with Crippen LogP contribution in [0.25, 0.3) is 0 Å². The summed E-state index contributed by atoms with van der Waals surface area (Å²) in [5, 5.41) is 0. The summed E-state index contributed by atoms with van der Waals surface area (Å²) in [5.74, 6) is 1.98. The van der Waals surface area contributed by atoms with Gasteiger partial charge in [0, 0.05) is 44.5 Å². The van der Waals surface area contributed by atoms with Crippen molar-refractivity contribution in [3.8, 4) is 5.75 Å². The second-order valence-corrected chi connectivity index (χ2v) is 6.07. The van der Waals surface area contributed by atoms with Crippen molar-refractivity contribution in [1.82, 2.24) is 9.88 Å². The number of aromatic nitrogens is 1. The number of anilines is 1. The summed E-state index contributed by atoms with van der Waals surface area (Å²) in [6, 6.07) is 3.82. The summed E-state index contributed by atoms with van der Waals surface area (Å²) in [6.07, 6.45) is 4.75. The molecule has 1 aliphatic carbocycles. The lowest BCUT2D eigenvalue weighted by atomic mass is 10.0. The van der Waals surface area contributed by atoms with E-state index in [-0.39, 0.29) is 17.9 Å². The third-order valence-electron chi connectivity index (χ3n) is 4.75. The fourth-order valence-electron chi connectivity index (χ4n) is 3.39. The Morgan fingerprint density at radius 1 is 1.32 bits per heavy atom. The van der Waals surface area contributed by atoms with E-state index in [9.17, 15) is 4.79 Å². The van der Waals surface area contributed by atoms with Crippen molar-refractivity contribution >= 4 is 11.7 Å². The Bertz CT molecular complexity index is 529. The number of nitrogens with two attached hydrogens (primary N) is 1.